The van der Waals surface area contributed by atoms with Crippen LogP contribution in [0.25, 0.3) is 5.65 Å². The van der Waals surface area contributed by atoms with Crippen molar-refractivity contribution in [3.05, 3.63) is 75.8 Å². The SMILES string of the molecule is COC(=O)c1cc(CNC(=O)c2cnc3ccccn3c2=O)ccc1OC. The molecule has 8 heteroatoms. The highest BCUT2D eigenvalue weighted by atomic mass is 16.5. The third-order valence-corrected chi connectivity index (χ3v) is 3.98. The van der Waals surface area contributed by atoms with Crippen LogP contribution in [0.4, 0.5) is 0 Å². The molecule has 0 aliphatic rings. The smallest absolute Gasteiger partial charge is 0.341 e. The zero-order chi connectivity index (χ0) is 19.4. The van der Waals surface area contributed by atoms with Gasteiger partial charge in [0.2, 0.25) is 0 Å². The number of amides is 1. The van der Waals surface area contributed by atoms with E-state index in [0.717, 1.165) is 0 Å². The summed E-state index contributed by atoms with van der Waals surface area (Å²) in [4.78, 5) is 40.8. The van der Waals surface area contributed by atoms with Crippen molar-refractivity contribution in [2.45, 2.75) is 6.54 Å². The molecule has 0 atom stereocenters. The van der Waals surface area contributed by atoms with Gasteiger partial charge < -0.3 is 14.8 Å². The fraction of sp³-hybridized carbons (Fsp3) is 0.158. The molecule has 0 aliphatic carbocycles. The maximum absolute atomic E-state index is 12.4. The summed E-state index contributed by atoms with van der Waals surface area (Å²) < 4.78 is 11.2. The van der Waals surface area contributed by atoms with Crippen LogP contribution in [0.15, 0.2) is 53.6 Å². The zero-order valence-electron chi connectivity index (χ0n) is 14.8. The summed E-state index contributed by atoms with van der Waals surface area (Å²) in [5.74, 6) is -0.730. The molecule has 0 fully saturated rings. The van der Waals surface area contributed by atoms with Crippen LogP contribution < -0.4 is 15.6 Å². The first-order valence-corrected chi connectivity index (χ1v) is 8.05. The third kappa shape index (κ3) is 3.64. The lowest BCUT2D eigenvalue weighted by atomic mass is 10.1. The molecule has 0 bridgehead atoms. The normalized spacial score (nSPS) is 10.4. The summed E-state index contributed by atoms with van der Waals surface area (Å²) in [6, 6.07) is 10.00. The topological polar surface area (TPSA) is 99.0 Å². The molecular formula is C19H17N3O5. The molecule has 1 N–H and O–H groups in total. The van der Waals surface area contributed by atoms with Crippen molar-refractivity contribution in [1.29, 1.82) is 0 Å². The molecule has 3 aromatic rings. The third-order valence-electron chi connectivity index (χ3n) is 3.98. The lowest BCUT2D eigenvalue weighted by Crippen LogP contribution is -2.31. The Hall–Kier alpha value is -3.68. The number of fused-ring (bicyclic) bond motifs is 1. The number of esters is 1. The average molecular weight is 367 g/mol. The second-order valence-electron chi connectivity index (χ2n) is 5.61. The van der Waals surface area contributed by atoms with Crippen molar-refractivity contribution in [2.75, 3.05) is 14.2 Å². The van der Waals surface area contributed by atoms with Crippen molar-refractivity contribution in [3.63, 3.8) is 0 Å². The van der Waals surface area contributed by atoms with Crippen LogP contribution in [0.2, 0.25) is 0 Å². The van der Waals surface area contributed by atoms with Gasteiger partial charge in [-0.3, -0.25) is 14.0 Å². The number of ether oxygens (including phenoxy) is 2. The fourth-order valence-corrected chi connectivity index (χ4v) is 2.59. The van der Waals surface area contributed by atoms with E-state index in [2.05, 4.69) is 10.3 Å². The van der Waals surface area contributed by atoms with Crippen LogP contribution in [-0.4, -0.2) is 35.5 Å². The predicted octanol–water partition coefficient (Wildman–Crippen LogP) is 1.42. The number of carbonyl (C=O) groups is 2. The van der Waals surface area contributed by atoms with Gasteiger partial charge in [0.15, 0.2) is 0 Å². The highest BCUT2D eigenvalue weighted by Crippen LogP contribution is 2.20. The molecule has 138 valence electrons. The largest absolute Gasteiger partial charge is 0.496 e. The average Bonchev–Trinajstić information content (AvgIpc) is 2.71. The summed E-state index contributed by atoms with van der Waals surface area (Å²) in [6.45, 7) is 0.115. The maximum atomic E-state index is 12.4. The number of methoxy groups -OCH3 is 2. The van der Waals surface area contributed by atoms with Crippen molar-refractivity contribution in [1.82, 2.24) is 14.7 Å². The van der Waals surface area contributed by atoms with Crippen LogP contribution in [0.3, 0.4) is 0 Å². The number of nitrogens with one attached hydrogen (secondary N) is 1. The minimum Gasteiger partial charge on any atom is -0.496 e. The number of rotatable bonds is 5. The number of benzene rings is 1. The molecule has 1 aromatic carbocycles. The summed E-state index contributed by atoms with van der Waals surface area (Å²) >= 11 is 0. The Bertz CT molecular complexity index is 1070. The van der Waals surface area contributed by atoms with E-state index in [1.807, 2.05) is 0 Å². The van der Waals surface area contributed by atoms with E-state index < -0.39 is 17.4 Å². The summed E-state index contributed by atoms with van der Waals surface area (Å²) in [5.41, 5.74) is 0.831. The predicted molar refractivity (Wildman–Crippen MR) is 97.0 cm³/mol. The summed E-state index contributed by atoms with van der Waals surface area (Å²) in [7, 11) is 2.72. The number of carbonyl (C=O) groups excluding carboxylic acids is 2. The fourth-order valence-electron chi connectivity index (χ4n) is 2.59. The van der Waals surface area contributed by atoms with Gasteiger partial charge in [-0.1, -0.05) is 12.1 Å². The van der Waals surface area contributed by atoms with Gasteiger partial charge in [0, 0.05) is 18.9 Å². The molecule has 3 rings (SSSR count). The van der Waals surface area contributed by atoms with Gasteiger partial charge in [0.1, 0.15) is 22.5 Å². The molecule has 0 unspecified atom stereocenters. The van der Waals surface area contributed by atoms with E-state index in [0.29, 0.717) is 17.0 Å². The Balaban J connectivity index is 1.81. The standard InChI is InChI=1S/C19H17N3O5/c1-26-15-7-6-12(9-13(15)19(25)27-2)10-21-17(23)14-11-20-16-5-3-4-8-22(16)18(14)24/h3-9,11H,10H2,1-2H3,(H,21,23). The molecule has 0 radical (unpaired) electrons. The molecule has 8 nitrogen and oxygen atoms in total. The van der Waals surface area contributed by atoms with Crippen LogP contribution in [0.1, 0.15) is 26.3 Å². The minimum absolute atomic E-state index is 0.0691. The summed E-state index contributed by atoms with van der Waals surface area (Å²) in [6.07, 6.45) is 2.80. The molecule has 2 aromatic heterocycles. The van der Waals surface area contributed by atoms with E-state index in [-0.39, 0.29) is 17.7 Å². The van der Waals surface area contributed by atoms with Crippen LogP contribution >= 0.6 is 0 Å². The van der Waals surface area contributed by atoms with E-state index in [9.17, 15) is 14.4 Å². The zero-order valence-corrected chi connectivity index (χ0v) is 14.8. The molecule has 0 spiro atoms. The molecule has 1 amide bonds. The Kier molecular flexibility index (Phi) is 5.16. The molecule has 27 heavy (non-hydrogen) atoms. The van der Waals surface area contributed by atoms with Crippen molar-refractivity contribution in [2.24, 2.45) is 0 Å². The monoisotopic (exact) mass is 367 g/mol. The van der Waals surface area contributed by atoms with E-state index >= 15 is 0 Å². The van der Waals surface area contributed by atoms with Gasteiger partial charge in [-0.15, -0.1) is 0 Å². The van der Waals surface area contributed by atoms with Crippen molar-refractivity contribution >= 4 is 17.5 Å². The molecule has 0 saturated carbocycles. The first kappa shape index (κ1) is 18.1. The Morgan fingerprint density at radius 2 is 1.96 bits per heavy atom. The van der Waals surface area contributed by atoms with Gasteiger partial charge in [-0.2, -0.15) is 0 Å². The van der Waals surface area contributed by atoms with Gasteiger partial charge >= 0.3 is 5.97 Å². The molecule has 0 aliphatic heterocycles. The highest BCUT2D eigenvalue weighted by Gasteiger charge is 2.15. The van der Waals surface area contributed by atoms with Gasteiger partial charge in [-0.05, 0) is 29.8 Å². The minimum atomic E-state index is -0.554. The maximum Gasteiger partial charge on any atom is 0.341 e. The second kappa shape index (κ2) is 7.69. The van der Waals surface area contributed by atoms with Gasteiger partial charge in [0.05, 0.1) is 14.2 Å². The lowest BCUT2D eigenvalue weighted by Gasteiger charge is -2.10. The first-order chi connectivity index (χ1) is 13.0. The van der Waals surface area contributed by atoms with Crippen molar-refractivity contribution < 1.29 is 19.1 Å². The second-order valence-corrected chi connectivity index (χ2v) is 5.61. The quantitative estimate of drug-likeness (QED) is 0.685. The number of nitrogens with zero attached hydrogens (tertiary/aromatic N) is 2. The van der Waals surface area contributed by atoms with Crippen LogP contribution in [-0.2, 0) is 11.3 Å². The summed E-state index contributed by atoms with van der Waals surface area (Å²) in [5, 5.41) is 2.66. The number of aromatic nitrogens is 2. The lowest BCUT2D eigenvalue weighted by molar-refractivity contribution is 0.0597. The number of pyridine rings is 1. The number of hydrogen-bond acceptors (Lipinski definition) is 6. The highest BCUT2D eigenvalue weighted by molar-refractivity contribution is 5.94. The van der Waals surface area contributed by atoms with E-state index in [4.69, 9.17) is 9.47 Å². The molecule has 0 saturated heterocycles. The Morgan fingerprint density at radius 3 is 2.70 bits per heavy atom. The van der Waals surface area contributed by atoms with Crippen molar-refractivity contribution in [3.8, 4) is 5.75 Å². The van der Waals surface area contributed by atoms with Crippen LogP contribution in [0.5, 0.6) is 5.75 Å². The Labute approximate surface area is 154 Å². The van der Waals surface area contributed by atoms with Gasteiger partial charge in [-0.25, -0.2) is 9.78 Å². The first-order valence-electron chi connectivity index (χ1n) is 8.05. The molecular weight excluding hydrogens is 350 g/mol. The van der Waals surface area contributed by atoms with E-state index in [1.54, 1.807) is 42.6 Å². The van der Waals surface area contributed by atoms with Gasteiger partial charge in [0.25, 0.3) is 11.5 Å². The molecule has 2 heterocycles. The van der Waals surface area contributed by atoms with E-state index in [1.165, 1.54) is 24.8 Å². The number of hydrogen-bond donors (Lipinski definition) is 1. The Morgan fingerprint density at radius 1 is 1.15 bits per heavy atom. The van der Waals surface area contributed by atoms with Crippen LogP contribution in [0, 0.1) is 0 Å².